The fraction of sp³-hybridized carbons (Fsp3) is 0.467. The summed E-state index contributed by atoms with van der Waals surface area (Å²) in [5.74, 6) is 0.619. The Labute approximate surface area is 112 Å². The zero-order valence-corrected chi connectivity index (χ0v) is 11.0. The van der Waals surface area contributed by atoms with Crippen LogP contribution in [0, 0.1) is 0 Å². The molecule has 4 heteroatoms. The van der Waals surface area contributed by atoms with Gasteiger partial charge in [0.05, 0.1) is 11.0 Å². The molecule has 1 aromatic carbocycles. The van der Waals surface area contributed by atoms with Crippen LogP contribution in [-0.2, 0) is 4.79 Å². The molecular weight excluding hydrogens is 240 g/mol. The van der Waals surface area contributed by atoms with Gasteiger partial charge in [-0.3, -0.25) is 0 Å². The van der Waals surface area contributed by atoms with Crippen molar-refractivity contribution >= 4 is 17.0 Å². The van der Waals surface area contributed by atoms with Crippen LogP contribution >= 0.6 is 0 Å². The number of nitrogens with zero attached hydrogens (tertiary/aromatic N) is 2. The molecule has 1 heterocycles. The van der Waals surface area contributed by atoms with Crippen molar-refractivity contribution in [3.63, 3.8) is 0 Å². The van der Waals surface area contributed by atoms with E-state index in [-0.39, 0.29) is 0 Å². The van der Waals surface area contributed by atoms with Crippen LogP contribution in [0.15, 0.2) is 24.3 Å². The number of carboxylic acid groups (broad SMARTS) is 1. The average Bonchev–Trinajstić information content (AvgIpc) is 2.67. The Morgan fingerprint density at radius 1 is 1.47 bits per heavy atom. The van der Waals surface area contributed by atoms with Crippen LogP contribution in [0.2, 0.25) is 0 Å². The first kappa shape index (κ1) is 12.2. The molecule has 3 rings (SSSR count). The molecule has 0 aliphatic heterocycles. The van der Waals surface area contributed by atoms with Gasteiger partial charge in [-0.2, -0.15) is 0 Å². The number of hydrogen-bond acceptors (Lipinski definition) is 2. The molecule has 0 radical (unpaired) electrons. The molecule has 1 aliphatic carbocycles. The predicted octanol–water partition coefficient (Wildman–Crippen LogP) is 3.34. The summed E-state index contributed by atoms with van der Waals surface area (Å²) in [5.41, 5.74) is 1.85. The number of benzene rings is 1. The fourth-order valence-corrected chi connectivity index (χ4v) is 2.81. The van der Waals surface area contributed by atoms with Crippen molar-refractivity contribution in [2.45, 2.75) is 44.6 Å². The predicted molar refractivity (Wildman–Crippen MR) is 73.3 cm³/mol. The maximum absolute atomic E-state index is 11.5. The smallest absolute Gasteiger partial charge is 0.326 e. The van der Waals surface area contributed by atoms with Gasteiger partial charge in [-0.25, -0.2) is 9.78 Å². The third-order valence-electron chi connectivity index (χ3n) is 4.08. The summed E-state index contributed by atoms with van der Waals surface area (Å²) in [6.45, 7) is 1.91. The van der Waals surface area contributed by atoms with Gasteiger partial charge in [0.1, 0.15) is 11.9 Å². The normalized spacial score (nSPS) is 17.3. The lowest BCUT2D eigenvalue weighted by molar-refractivity contribution is -0.141. The van der Waals surface area contributed by atoms with E-state index in [0.29, 0.717) is 12.3 Å². The molecule has 1 aliphatic rings. The number of carboxylic acids is 1. The maximum Gasteiger partial charge on any atom is 0.326 e. The standard InChI is InChI=1S/C15H18N2O2/c1-2-12(15(18)19)17-13-9-4-3-8-11(13)16-14(17)10-6-5-7-10/h3-4,8-10,12H,2,5-7H2,1H3,(H,18,19). The summed E-state index contributed by atoms with van der Waals surface area (Å²) in [6.07, 6.45) is 4.05. The Balaban J connectivity index is 2.20. The van der Waals surface area contributed by atoms with Crippen LogP contribution in [0.4, 0.5) is 0 Å². The number of para-hydroxylation sites is 2. The van der Waals surface area contributed by atoms with E-state index in [1.54, 1.807) is 0 Å². The minimum absolute atomic E-state index is 0.431. The first-order valence-corrected chi connectivity index (χ1v) is 6.92. The Morgan fingerprint density at radius 2 is 2.21 bits per heavy atom. The third kappa shape index (κ3) is 1.91. The van der Waals surface area contributed by atoms with Crippen LogP contribution < -0.4 is 0 Å². The topological polar surface area (TPSA) is 55.1 Å². The van der Waals surface area contributed by atoms with Crippen LogP contribution in [0.3, 0.4) is 0 Å². The molecule has 0 bridgehead atoms. The first-order valence-electron chi connectivity index (χ1n) is 6.92. The minimum atomic E-state index is -0.772. The molecule has 1 fully saturated rings. The van der Waals surface area contributed by atoms with Gasteiger partial charge in [-0.15, -0.1) is 0 Å². The molecule has 1 N–H and O–H groups in total. The summed E-state index contributed by atoms with van der Waals surface area (Å²) >= 11 is 0. The van der Waals surface area contributed by atoms with E-state index in [2.05, 4.69) is 4.98 Å². The van der Waals surface area contributed by atoms with Crippen molar-refractivity contribution in [1.82, 2.24) is 9.55 Å². The van der Waals surface area contributed by atoms with Crippen molar-refractivity contribution in [2.24, 2.45) is 0 Å². The van der Waals surface area contributed by atoms with E-state index >= 15 is 0 Å². The molecular formula is C15H18N2O2. The van der Waals surface area contributed by atoms with E-state index < -0.39 is 12.0 Å². The van der Waals surface area contributed by atoms with Crippen molar-refractivity contribution in [1.29, 1.82) is 0 Å². The Hall–Kier alpha value is -1.84. The average molecular weight is 258 g/mol. The summed E-state index contributed by atoms with van der Waals surface area (Å²) in [6, 6.07) is 7.31. The Bertz CT molecular complexity index is 614. The summed E-state index contributed by atoms with van der Waals surface area (Å²) in [7, 11) is 0. The highest BCUT2D eigenvalue weighted by Crippen LogP contribution is 2.38. The Kier molecular flexibility index (Phi) is 3.01. The molecule has 19 heavy (non-hydrogen) atoms. The van der Waals surface area contributed by atoms with Gasteiger partial charge < -0.3 is 9.67 Å². The van der Waals surface area contributed by atoms with E-state index in [1.165, 1.54) is 6.42 Å². The van der Waals surface area contributed by atoms with Crippen molar-refractivity contribution < 1.29 is 9.90 Å². The molecule has 1 saturated carbocycles. The number of aromatic nitrogens is 2. The van der Waals surface area contributed by atoms with E-state index in [4.69, 9.17) is 0 Å². The fourth-order valence-electron chi connectivity index (χ4n) is 2.81. The number of aliphatic carboxylic acids is 1. The molecule has 2 aromatic rings. The van der Waals surface area contributed by atoms with Crippen molar-refractivity contribution in [3.8, 4) is 0 Å². The van der Waals surface area contributed by atoms with Gasteiger partial charge in [0.25, 0.3) is 0 Å². The second-order valence-electron chi connectivity index (χ2n) is 5.22. The molecule has 0 saturated heterocycles. The maximum atomic E-state index is 11.5. The molecule has 1 atom stereocenters. The molecule has 1 aromatic heterocycles. The van der Waals surface area contributed by atoms with Gasteiger partial charge in [0, 0.05) is 5.92 Å². The first-order chi connectivity index (χ1) is 9.22. The second-order valence-corrected chi connectivity index (χ2v) is 5.22. The minimum Gasteiger partial charge on any atom is -0.480 e. The zero-order valence-electron chi connectivity index (χ0n) is 11.0. The van der Waals surface area contributed by atoms with Gasteiger partial charge in [0.2, 0.25) is 0 Å². The number of imidazole rings is 1. The van der Waals surface area contributed by atoms with Gasteiger partial charge in [-0.1, -0.05) is 25.5 Å². The van der Waals surface area contributed by atoms with Crippen molar-refractivity contribution in [2.75, 3.05) is 0 Å². The number of rotatable bonds is 4. The van der Waals surface area contributed by atoms with E-state index in [9.17, 15) is 9.90 Å². The monoisotopic (exact) mass is 258 g/mol. The van der Waals surface area contributed by atoms with Gasteiger partial charge in [0.15, 0.2) is 0 Å². The summed E-state index contributed by atoms with van der Waals surface area (Å²) < 4.78 is 1.95. The van der Waals surface area contributed by atoms with Crippen LogP contribution in [0.25, 0.3) is 11.0 Å². The van der Waals surface area contributed by atoms with Crippen LogP contribution in [0.1, 0.15) is 50.4 Å². The highest BCUT2D eigenvalue weighted by atomic mass is 16.4. The highest BCUT2D eigenvalue weighted by Gasteiger charge is 2.30. The van der Waals surface area contributed by atoms with E-state index in [1.807, 2.05) is 35.8 Å². The second kappa shape index (κ2) is 4.68. The number of carbonyl (C=O) groups is 1. The SMILES string of the molecule is CCC(C(=O)O)n1c(C2CCC2)nc2ccccc21. The zero-order chi connectivity index (χ0) is 13.4. The molecule has 100 valence electrons. The number of hydrogen-bond donors (Lipinski definition) is 1. The van der Waals surface area contributed by atoms with E-state index in [0.717, 1.165) is 29.7 Å². The lowest BCUT2D eigenvalue weighted by Gasteiger charge is -2.27. The molecule has 4 nitrogen and oxygen atoms in total. The Morgan fingerprint density at radius 3 is 2.79 bits per heavy atom. The third-order valence-corrected chi connectivity index (χ3v) is 4.08. The van der Waals surface area contributed by atoms with Crippen LogP contribution in [0.5, 0.6) is 0 Å². The van der Waals surface area contributed by atoms with Gasteiger partial charge >= 0.3 is 5.97 Å². The molecule has 1 unspecified atom stereocenters. The lowest BCUT2D eigenvalue weighted by Crippen LogP contribution is -2.23. The molecule has 0 amide bonds. The highest BCUT2D eigenvalue weighted by molar-refractivity contribution is 5.80. The van der Waals surface area contributed by atoms with Gasteiger partial charge in [-0.05, 0) is 31.4 Å². The summed E-state index contributed by atoms with van der Waals surface area (Å²) in [5, 5.41) is 9.45. The van der Waals surface area contributed by atoms with Crippen LogP contribution in [-0.4, -0.2) is 20.6 Å². The largest absolute Gasteiger partial charge is 0.480 e. The quantitative estimate of drug-likeness (QED) is 0.915. The summed E-state index contributed by atoms with van der Waals surface area (Å²) in [4.78, 5) is 16.2. The van der Waals surface area contributed by atoms with Crippen molar-refractivity contribution in [3.05, 3.63) is 30.1 Å². The lowest BCUT2D eigenvalue weighted by atomic mass is 9.84. The number of fused-ring (bicyclic) bond motifs is 1. The molecule has 0 spiro atoms.